The SMILES string of the molecule is CCn1c(CS(=O)(=O)c2ccc(C)cc2)nnc1SCC(=O)Nc1ccccc1Sc1ccccc1. The second-order valence-corrected chi connectivity index (χ2v) is 12.0. The van der Waals surface area contributed by atoms with Crippen molar-refractivity contribution < 1.29 is 13.2 Å². The molecule has 3 aromatic carbocycles. The molecule has 0 aliphatic rings. The molecule has 186 valence electrons. The van der Waals surface area contributed by atoms with E-state index in [1.165, 1.54) is 11.8 Å². The lowest BCUT2D eigenvalue weighted by atomic mass is 10.2. The van der Waals surface area contributed by atoms with Gasteiger partial charge in [-0.05, 0) is 50.2 Å². The van der Waals surface area contributed by atoms with E-state index in [9.17, 15) is 13.2 Å². The summed E-state index contributed by atoms with van der Waals surface area (Å²) < 4.78 is 27.5. The third kappa shape index (κ3) is 6.57. The maximum absolute atomic E-state index is 12.9. The van der Waals surface area contributed by atoms with Gasteiger partial charge in [0, 0.05) is 16.3 Å². The maximum Gasteiger partial charge on any atom is 0.234 e. The average Bonchev–Trinajstić information content (AvgIpc) is 3.25. The van der Waals surface area contributed by atoms with E-state index in [2.05, 4.69) is 15.5 Å². The molecule has 1 N–H and O–H groups in total. The number of thioether (sulfide) groups is 1. The number of rotatable bonds is 10. The predicted octanol–water partition coefficient (Wildman–Crippen LogP) is 5.46. The number of aryl methyl sites for hydroxylation is 1. The summed E-state index contributed by atoms with van der Waals surface area (Å²) in [5.74, 6) is 0.0344. The zero-order valence-electron chi connectivity index (χ0n) is 19.9. The molecule has 7 nitrogen and oxygen atoms in total. The predicted molar refractivity (Wildman–Crippen MR) is 144 cm³/mol. The molecule has 0 spiro atoms. The Hall–Kier alpha value is -3.08. The molecule has 1 aromatic heterocycles. The van der Waals surface area contributed by atoms with Crippen molar-refractivity contribution in [3.05, 3.63) is 90.3 Å². The first kappa shape index (κ1) is 26.0. The molecular weight excluding hydrogens is 513 g/mol. The molecule has 4 rings (SSSR count). The molecule has 0 saturated heterocycles. The lowest BCUT2D eigenvalue weighted by molar-refractivity contribution is -0.113. The first-order valence-corrected chi connectivity index (χ1v) is 14.8. The fourth-order valence-electron chi connectivity index (χ4n) is 3.44. The van der Waals surface area contributed by atoms with Crippen LogP contribution in [0.1, 0.15) is 18.3 Å². The summed E-state index contributed by atoms with van der Waals surface area (Å²) in [5.41, 5.74) is 1.72. The number of nitrogens with zero attached hydrogens (tertiary/aromatic N) is 3. The monoisotopic (exact) mass is 538 g/mol. The van der Waals surface area contributed by atoms with Gasteiger partial charge < -0.3 is 9.88 Å². The van der Waals surface area contributed by atoms with Crippen molar-refractivity contribution in [2.45, 2.75) is 46.0 Å². The number of nitrogens with one attached hydrogen (secondary N) is 1. The normalized spacial score (nSPS) is 11.4. The molecule has 0 atom stereocenters. The third-order valence-corrected chi connectivity index (χ3v) is 8.95. The number of carbonyl (C=O) groups is 1. The minimum atomic E-state index is -3.57. The van der Waals surface area contributed by atoms with Gasteiger partial charge >= 0.3 is 0 Å². The quantitative estimate of drug-likeness (QED) is 0.268. The van der Waals surface area contributed by atoms with E-state index in [1.54, 1.807) is 40.6 Å². The van der Waals surface area contributed by atoms with Crippen LogP contribution in [0.15, 0.2) is 98.7 Å². The Balaban J connectivity index is 1.41. The number of amides is 1. The van der Waals surface area contributed by atoms with E-state index in [4.69, 9.17) is 0 Å². The molecule has 10 heteroatoms. The van der Waals surface area contributed by atoms with Gasteiger partial charge in [-0.25, -0.2) is 8.42 Å². The van der Waals surface area contributed by atoms with Crippen molar-refractivity contribution in [2.24, 2.45) is 0 Å². The van der Waals surface area contributed by atoms with Crippen LogP contribution in [0.3, 0.4) is 0 Å². The van der Waals surface area contributed by atoms with Crippen LogP contribution in [0.25, 0.3) is 0 Å². The molecule has 36 heavy (non-hydrogen) atoms. The number of para-hydroxylation sites is 1. The molecule has 0 aliphatic heterocycles. The Morgan fingerprint density at radius 1 is 0.944 bits per heavy atom. The Labute approximate surface area is 219 Å². The lowest BCUT2D eigenvalue weighted by Crippen LogP contribution is -2.15. The highest BCUT2D eigenvalue weighted by molar-refractivity contribution is 8.00. The second-order valence-electron chi connectivity index (χ2n) is 7.96. The van der Waals surface area contributed by atoms with Gasteiger partial charge in [-0.1, -0.05) is 71.6 Å². The van der Waals surface area contributed by atoms with E-state index >= 15 is 0 Å². The van der Waals surface area contributed by atoms with Crippen molar-refractivity contribution >= 4 is 45.0 Å². The standard InChI is InChI=1S/C26H26N4O3S3/c1-3-30-24(18-36(32,33)21-15-13-19(2)14-16-21)28-29-26(30)34-17-25(31)27-22-11-7-8-12-23(22)35-20-9-5-4-6-10-20/h4-16H,3,17-18H2,1-2H3,(H,27,31). The lowest BCUT2D eigenvalue weighted by Gasteiger charge is -2.11. The molecule has 0 unspecified atom stereocenters. The van der Waals surface area contributed by atoms with Crippen LogP contribution in [0.4, 0.5) is 5.69 Å². The molecule has 0 aliphatic carbocycles. The van der Waals surface area contributed by atoms with Crippen LogP contribution < -0.4 is 5.32 Å². The Morgan fingerprint density at radius 2 is 1.64 bits per heavy atom. The molecule has 1 amide bonds. The average molecular weight is 539 g/mol. The van der Waals surface area contributed by atoms with Crippen LogP contribution in [0.2, 0.25) is 0 Å². The van der Waals surface area contributed by atoms with Gasteiger partial charge in [-0.3, -0.25) is 4.79 Å². The second kappa shape index (κ2) is 11.8. The fourth-order valence-corrected chi connectivity index (χ4v) is 6.45. The summed E-state index contributed by atoms with van der Waals surface area (Å²) in [5, 5.41) is 11.8. The van der Waals surface area contributed by atoms with Gasteiger partial charge in [0.25, 0.3) is 0 Å². The van der Waals surface area contributed by atoms with E-state index in [-0.39, 0.29) is 22.3 Å². The van der Waals surface area contributed by atoms with Gasteiger partial charge in [-0.15, -0.1) is 10.2 Å². The molecule has 4 aromatic rings. The topological polar surface area (TPSA) is 93.9 Å². The summed E-state index contributed by atoms with van der Waals surface area (Å²) in [6.45, 7) is 4.29. The zero-order valence-corrected chi connectivity index (χ0v) is 22.4. The van der Waals surface area contributed by atoms with E-state index < -0.39 is 9.84 Å². The summed E-state index contributed by atoms with van der Waals surface area (Å²) in [6, 6.07) is 24.4. The molecular formula is C26H26N4O3S3. The van der Waals surface area contributed by atoms with Crippen LogP contribution in [0.5, 0.6) is 0 Å². The summed E-state index contributed by atoms with van der Waals surface area (Å²) in [7, 11) is -3.57. The van der Waals surface area contributed by atoms with E-state index in [1.807, 2.05) is 68.4 Å². The van der Waals surface area contributed by atoms with Gasteiger partial charge in [0.1, 0.15) is 11.6 Å². The van der Waals surface area contributed by atoms with E-state index in [0.29, 0.717) is 17.5 Å². The molecule has 0 radical (unpaired) electrons. The van der Waals surface area contributed by atoms with Crippen molar-refractivity contribution in [1.82, 2.24) is 14.8 Å². The van der Waals surface area contributed by atoms with Gasteiger partial charge in [0.2, 0.25) is 5.91 Å². The number of benzene rings is 3. The van der Waals surface area contributed by atoms with E-state index in [0.717, 1.165) is 21.0 Å². The maximum atomic E-state index is 12.9. The first-order valence-electron chi connectivity index (χ1n) is 11.3. The minimum Gasteiger partial charge on any atom is -0.324 e. The zero-order chi connectivity index (χ0) is 25.5. The third-order valence-electron chi connectivity index (χ3n) is 5.27. The Bertz CT molecular complexity index is 1440. The summed E-state index contributed by atoms with van der Waals surface area (Å²) in [6.07, 6.45) is 0. The minimum absolute atomic E-state index is 0.118. The highest BCUT2D eigenvalue weighted by Crippen LogP contribution is 2.33. The summed E-state index contributed by atoms with van der Waals surface area (Å²) >= 11 is 2.81. The van der Waals surface area contributed by atoms with Gasteiger partial charge in [-0.2, -0.15) is 0 Å². The smallest absolute Gasteiger partial charge is 0.234 e. The molecule has 1 heterocycles. The first-order chi connectivity index (χ1) is 17.4. The fraction of sp³-hybridized carbons (Fsp3) is 0.192. The number of hydrogen-bond acceptors (Lipinski definition) is 7. The van der Waals surface area contributed by atoms with Crippen molar-refractivity contribution in [1.29, 1.82) is 0 Å². The molecule has 0 saturated carbocycles. The van der Waals surface area contributed by atoms with Crippen LogP contribution in [-0.2, 0) is 26.9 Å². The van der Waals surface area contributed by atoms with Crippen molar-refractivity contribution in [3.63, 3.8) is 0 Å². The number of carbonyl (C=O) groups excluding carboxylic acids is 1. The van der Waals surface area contributed by atoms with Crippen LogP contribution in [-0.4, -0.2) is 34.8 Å². The van der Waals surface area contributed by atoms with Gasteiger partial charge in [0.05, 0.1) is 16.3 Å². The summed E-state index contributed by atoms with van der Waals surface area (Å²) in [4.78, 5) is 15.0. The molecule has 0 bridgehead atoms. The van der Waals surface area contributed by atoms with Crippen LogP contribution in [0, 0.1) is 6.92 Å². The van der Waals surface area contributed by atoms with Crippen molar-refractivity contribution in [2.75, 3.05) is 11.1 Å². The van der Waals surface area contributed by atoms with Crippen molar-refractivity contribution in [3.8, 4) is 0 Å². The number of anilines is 1. The largest absolute Gasteiger partial charge is 0.324 e. The number of aromatic nitrogens is 3. The Morgan fingerprint density at radius 3 is 2.36 bits per heavy atom. The van der Waals surface area contributed by atoms with Crippen LogP contribution >= 0.6 is 23.5 Å². The van der Waals surface area contributed by atoms with Gasteiger partial charge in [0.15, 0.2) is 15.0 Å². The highest BCUT2D eigenvalue weighted by Gasteiger charge is 2.21. The highest BCUT2D eigenvalue weighted by atomic mass is 32.2. The molecule has 0 fully saturated rings. The Kier molecular flexibility index (Phi) is 8.50. The number of hydrogen-bond donors (Lipinski definition) is 1. The number of sulfone groups is 1.